The van der Waals surface area contributed by atoms with Crippen molar-refractivity contribution in [3.8, 4) is 5.75 Å². The minimum Gasteiger partial charge on any atom is -0.497 e. The fourth-order valence-electron chi connectivity index (χ4n) is 2.60. The molecule has 6 heteroatoms. The Labute approximate surface area is 123 Å². The van der Waals surface area contributed by atoms with Gasteiger partial charge in [-0.25, -0.2) is 4.79 Å². The minimum absolute atomic E-state index is 0.0418. The molecule has 1 amide bonds. The van der Waals surface area contributed by atoms with Crippen LogP contribution in [0.4, 0.5) is 0 Å². The van der Waals surface area contributed by atoms with Crippen LogP contribution in [-0.2, 0) is 4.74 Å². The van der Waals surface area contributed by atoms with Crippen molar-refractivity contribution in [2.45, 2.75) is 18.9 Å². The molecule has 1 aromatic carbocycles. The largest absolute Gasteiger partial charge is 0.497 e. The first-order valence-corrected chi connectivity index (χ1v) is 6.79. The zero-order valence-electron chi connectivity index (χ0n) is 12.2. The molecule has 0 radical (unpaired) electrons. The molecule has 114 valence electrons. The van der Waals surface area contributed by atoms with E-state index in [1.54, 1.807) is 18.1 Å². The van der Waals surface area contributed by atoms with Crippen LogP contribution in [0.5, 0.6) is 5.75 Å². The van der Waals surface area contributed by atoms with E-state index in [4.69, 9.17) is 14.6 Å². The van der Waals surface area contributed by atoms with E-state index < -0.39 is 5.97 Å². The number of hydrogen-bond donors (Lipinski definition) is 1. The molecule has 2 rings (SSSR count). The van der Waals surface area contributed by atoms with Gasteiger partial charge in [0.15, 0.2) is 0 Å². The monoisotopic (exact) mass is 293 g/mol. The third kappa shape index (κ3) is 3.33. The molecule has 0 aliphatic carbocycles. The molecule has 0 unspecified atom stereocenters. The standard InChI is InChI=1S/C15H19NO5/c1-20-9-12-4-3-5-16(12)14(17)10-6-11(15(18)19)8-13(7-10)21-2/h6-8,12H,3-5,9H2,1-2H3,(H,18,19)/t12-/m1/s1. The number of amides is 1. The van der Waals surface area contributed by atoms with Gasteiger partial charge in [-0.2, -0.15) is 0 Å². The van der Waals surface area contributed by atoms with Crippen LogP contribution in [0.1, 0.15) is 33.6 Å². The molecular formula is C15H19NO5. The van der Waals surface area contributed by atoms with E-state index in [0.717, 1.165) is 12.8 Å². The van der Waals surface area contributed by atoms with Gasteiger partial charge in [-0.3, -0.25) is 4.79 Å². The number of carboxylic acids is 1. The topological polar surface area (TPSA) is 76.1 Å². The Morgan fingerprint density at radius 2 is 2.00 bits per heavy atom. The maximum Gasteiger partial charge on any atom is 0.335 e. The summed E-state index contributed by atoms with van der Waals surface area (Å²) in [7, 11) is 3.05. The number of hydrogen-bond acceptors (Lipinski definition) is 4. The number of carboxylic acid groups (broad SMARTS) is 1. The van der Waals surface area contributed by atoms with Crippen molar-refractivity contribution in [3.63, 3.8) is 0 Å². The summed E-state index contributed by atoms with van der Waals surface area (Å²) >= 11 is 0. The molecule has 0 bridgehead atoms. The lowest BCUT2D eigenvalue weighted by Crippen LogP contribution is -2.38. The quantitative estimate of drug-likeness (QED) is 0.893. The molecule has 1 aliphatic heterocycles. The van der Waals surface area contributed by atoms with Crippen LogP contribution in [0.15, 0.2) is 18.2 Å². The van der Waals surface area contributed by atoms with Crippen molar-refractivity contribution in [1.29, 1.82) is 0 Å². The van der Waals surface area contributed by atoms with Crippen molar-refractivity contribution in [2.75, 3.05) is 27.4 Å². The van der Waals surface area contributed by atoms with Gasteiger partial charge in [-0.15, -0.1) is 0 Å². The normalized spacial score (nSPS) is 17.8. The zero-order chi connectivity index (χ0) is 15.4. The lowest BCUT2D eigenvalue weighted by atomic mass is 10.1. The van der Waals surface area contributed by atoms with E-state index in [0.29, 0.717) is 24.5 Å². The molecule has 1 aromatic rings. The van der Waals surface area contributed by atoms with E-state index in [-0.39, 0.29) is 17.5 Å². The Morgan fingerprint density at radius 1 is 1.29 bits per heavy atom. The Balaban J connectivity index is 2.29. The second-order valence-corrected chi connectivity index (χ2v) is 5.01. The number of nitrogens with zero attached hydrogens (tertiary/aromatic N) is 1. The SMILES string of the molecule is COC[C@H]1CCCN1C(=O)c1cc(OC)cc(C(=O)O)c1. The molecule has 0 saturated carbocycles. The molecule has 1 atom stereocenters. The number of rotatable bonds is 5. The summed E-state index contributed by atoms with van der Waals surface area (Å²) in [4.78, 5) is 25.5. The number of carbonyl (C=O) groups excluding carboxylic acids is 1. The molecule has 1 heterocycles. The highest BCUT2D eigenvalue weighted by Gasteiger charge is 2.29. The van der Waals surface area contributed by atoms with Gasteiger partial charge in [0.1, 0.15) is 5.75 Å². The number of ether oxygens (including phenoxy) is 2. The van der Waals surface area contributed by atoms with E-state index in [9.17, 15) is 9.59 Å². The number of carbonyl (C=O) groups is 2. The Bertz CT molecular complexity index is 543. The summed E-state index contributed by atoms with van der Waals surface area (Å²) in [6.45, 7) is 1.15. The molecule has 1 aliphatic rings. The lowest BCUT2D eigenvalue weighted by Gasteiger charge is -2.24. The van der Waals surface area contributed by atoms with Gasteiger partial charge >= 0.3 is 5.97 Å². The smallest absolute Gasteiger partial charge is 0.335 e. The predicted molar refractivity (Wildman–Crippen MR) is 75.9 cm³/mol. The molecule has 1 fully saturated rings. The van der Waals surface area contributed by atoms with Crippen LogP contribution < -0.4 is 4.74 Å². The molecule has 21 heavy (non-hydrogen) atoms. The van der Waals surface area contributed by atoms with E-state index in [1.165, 1.54) is 19.2 Å². The fraction of sp³-hybridized carbons (Fsp3) is 0.467. The second-order valence-electron chi connectivity index (χ2n) is 5.01. The highest BCUT2D eigenvalue weighted by molar-refractivity contribution is 5.98. The van der Waals surface area contributed by atoms with Gasteiger partial charge in [0.05, 0.1) is 25.3 Å². The Hall–Kier alpha value is -2.08. The summed E-state index contributed by atoms with van der Waals surface area (Å²) < 4.78 is 10.2. The average molecular weight is 293 g/mol. The first-order chi connectivity index (χ1) is 10.1. The lowest BCUT2D eigenvalue weighted by molar-refractivity contribution is 0.0630. The van der Waals surface area contributed by atoms with Gasteiger partial charge in [0.25, 0.3) is 5.91 Å². The number of methoxy groups -OCH3 is 2. The summed E-state index contributed by atoms with van der Waals surface area (Å²) in [6.07, 6.45) is 1.82. The van der Waals surface area contributed by atoms with Crippen LogP contribution in [-0.4, -0.2) is 55.3 Å². The van der Waals surface area contributed by atoms with Crippen molar-refractivity contribution in [1.82, 2.24) is 4.90 Å². The molecule has 1 N–H and O–H groups in total. The van der Waals surface area contributed by atoms with E-state index >= 15 is 0 Å². The van der Waals surface area contributed by atoms with Crippen molar-refractivity contribution >= 4 is 11.9 Å². The highest BCUT2D eigenvalue weighted by Crippen LogP contribution is 2.23. The maximum atomic E-state index is 12.6. The van der Waals surface area contributed by atoms with Crippen molar-refractivity contribution in [2.24, 2.45) is 0 Å². The van der Waals surface area contributed by atoms with Crippen molar-refractivity contribution < 1.29 is 24.2 Å². The first kappa shape index (κ1) is 15.3. The Morgan fingerprint density at radius 3 is 2.62 bits per heavy atom. The molecule has 6 nitrogen and oxygen atoms in total. The molecule has 0 aromatic heterocycles. The predicted octanol–water partition coefficient (Wildman–Crippen LogP) is 1.64. The Kier molecular flexibility index (Phi) is 4.80. The molecular weight excluding hydrogens is 274 g/mol. The van der Waals surface area contributed by atoms with Crippen LogP contribution >= 0.6 is 0 Å². The summed E-state index contributed by atoms with van der Waals surface area (Å²) in [5, 5.41) is 9.11. The zero-order valence-corrected chi connectivity index (χ0v) is 12.2. The van der Waals surface area contributed by atoms with Crippen LogP contribution in [0.2, 0.25) is 0 Å². The number of aromatic carboxylic acids is 1. The van der Waals surface area contributed by atoms with Crippen LogP contribution in [0.3, 0.4) is 0 Å². The van der Waals surface area contributed by atoms with Gasteiger partial charge in [-0.05, 0) is 31.0 Å². The summed E-state index contributed by atoms with van der Waals surface area (Å²) in [6, 6.07) is 4.39. The second kappa shape index (κ2) is 6.58. The van der Waals surface area contributed by atoms with Crippen molar-refractivity contribution in [3.05, 3.63) is 29.3 Å². The number of benzene rings is 1. The molecule has 1 saturated heterocycles. The third-order valence-corrected chi connectivity index (χ3v) is 3.63. The summed E-state index contributed by atoms with van der Waals surface area (Å²) in [5.41, 5.74) is 0.370. The summed E-state index contributed by atoms with van der Waals surface area (Å²) in [5.74, 6) is -0.908. The van der Waals surface area contributed by atoms with Gasteiger partial charge in [0.2, 0.25) is 0 Å². The first-order valence-electron chi connectivity index (χ1n) is 6.79. The van der Waals surface area contributed by atoms with Gasteiger partial charge in [-0.1, -0.05) is 0 Å². The van der Waals surface area contributed by atoms with Crippen LogP contribution in [0, 0.1) is 0 Å². The third-order valence-electron chi connectivity index (χ3n) is 3.63. The fourth-order valence-corrected chi connectivity index (χ4v) is 2.60. The van der Waals surface area contributed by atoms with E-state index in [2.05, 4.69) is 0 Å². The highest BCUT2D eigenvalue weighted by atomic mass is 16.5. The van der Waals surface area contributed by atoms with E-state index in [1.807, 2.05) is 0 Å². The maximum absolute atomic E-state index is 12.6. The average Bonchev–Trinajstić information content (AvgIpc) is 2.94. The van der Waals surface area contributed by atoms with Crippen LogP contribution in [0.25, 0.3) is 0 Å². The van der Waals surface area contributed by atoms with Gasteiger partial charge < -0.3 is 19.5 Å². The van der Waals surface area contributed by atoms with Gasteiger partial charge in [0, 0.05) is 19.2 Å². The minimum atomic E-state index is -1.09. The number of likely N-dealkylation sites (tertiary alicyclic amines) is 1. The molecule has 0 spiro atoms.